The second-order valence-electron chi connectivity index (χ2n) is 5.23. The predicted octanol–water partition coefficient (Wildman–Crippen LogP) is 2.73. The summed E-state index contributed by atoms with van der Waals surface area (Å²) < 4.78 is 12.0. The van der Waals surface area contributed by atoms with Crippen LogP contribution in [0.1, 0.15) is 10.4 Å². The van der Waals surface area contributed by atoms with Crippen molar-refractivity contribution in [2.75, 3.05) is 19.5 Å². The molecule has 128 valence electrons. The van der Waals surface area contributed by atoms with Gasteiger partial charge in [-0.05, 0) is 42.5 Å². The second kappa shape index (κ2) is 6.96. The number of nitrogens with one attached hydrogen (secondary N) is 1. The van der Waals surface area contributed by atoms with Crippen molar-refractivity contribution in [3.63, 3.8) is 0 Å². The zero-order chi connectivity index (χ0) is 17.8. The minimum atomic E-state index is -0.545. The van der Waals surface area contributed by atoms with Gasteiger partial charge < -0.3 is 20.5 Å². The molecular weight excluding hydrogens is 320 g/mol. The van der Waals surface area contributed by atoms with Crippen LogP contribution in [0.2, 0.25) is 0 Å². The lowest BCUT2D eigenvalue weighted by Gasteiger charge is -2.13. The van der Waals surface area contributed by atoms with Gasteiger partial charge in [-0.25, -0.2) is 4.68 Å². The summed E-state index contributed by atoms with van der Waals surface area (Å²) in [5.41, 5.74) is 7.23. The van der Waals surface area contributed by atoms with Crippen molar-refractivity contribution in [1.29, 1.82) is 0 Å². The van der Waals surface area contributed by atoms with Crippen LogP contribution in [-0.4, -0.2) is 29.9 Å². The molecule has 3 N–H and O–H groups in total. The molecule has 2 aromatic carbocycles. The van der Waals surface area contributed by atoms with Gasteiger partial charge in [-0.2, -0.15) is 5.10 Å². The number of ether oxygens (including phenoxy) is 2. The Balaban J connectivity index is 1.94. The van der Waals surface area contributed by atoms with Crippen LogP contribution in [0.4, 0.5) is 11.5 Å². The number of nitrogens with two attached hydrogens (primary N) is 1. The highest BCUT2D eigenvalue weighted by atomic mass is 16.5. The molecule has 0 fully saturated rings. The lowest BCUT2D eigenvalue weighted by atomic mass is 10.1. The molecular formula is C18H18N4O3. The molecule has 7 nitrogen and oxygen atoms in total. The van der Waals surface area contributed by atoms with Gasteiger partial charge in [0.2, 0.25) is 0 Å². The molecule has 3 rings (SSSR count). The van der Waals surface area contributed by atoms with E-state index in [2.05, 4.69) is 10.4 Å². The van der Waals surface area contributed by atoms with Crippen molar-refractivity contribution in [2.45, 2.75) is 0 Å². The average Bonchev–Trinajstić information content (AvgIpc) is 3.10. The quantitative estimate of drug-likeness (QED) is 0.721. The molecule has 0 spiro atoms. The van der Waals surface area contributed by atoms with Crippen LogP contribution in [0.15, 0.2) is 54.7 Å². The maximum Gasteiger partial charge on any atom is 0.250 e. The van der Waals surface area contributed by atoms with Gasteiger partial charge in [0.15, 0.2) is 0 Å². The number of benzene rings is 2. The number of anilines is 2. The lowest BCUT2D eigenvalue weighted by molar-refractivity contribution is 0.100. The van der Waals surface area contributed by atoms with Crippen molar-refractivity contribution >= 4 is 17.4 Å². The molecule has 0 saturated heterocycles. The van der Waals surface area contributed by atoms with Crippen molar-refractivity contribution in [3.05, 3.63) is 60.3 Å². The summed E-state index contributed by atoms with van der Waals surface area (Å²) in [6.07, 6.45) is 1.67. The van der Waals surface area contributed by atoms with Gasteiger partial charge in [-0.1, -0.05) is 0 Å². The summed E-state index contributed by atoms with van der Waals surface area (Å²) in [5, 5.41) is 7.51. The van der Waals surface area contributed by atoms with Crippen LogP contribution >= 0.6 is 0 Å². The standard InChI is InChI=1S/C18H18N4O3/c1-24-13-5-3-12(4-6-13)22-17(9-10-20-22)21-16-8-7-14(25-2)11-15(16)18(19)23/h3-11,21H,1-2H3,(H2,19,23). The molecule has 1 amide bonds. The maximum absolute atomic E-state index is 11.7. The van der Waals surface area contributed by atoms with E-state index in [1.807, 2.05) is 24.3 Å². The molecule has 0 unspecified atom stereocenters. The van der Waals surface area contributed by atoms with E-state index in [0.29, 0.717) is 22.8 Å². The number of hydrogen-bond acceptors (Lipinski definition) is 5. The number of primary amides is 1. The highest BCUT2D eigenvalue weighted by molar-refractivity contribution is 5.99. The van der Waals surface area contributed by atoms with E-state index in [4.69, 9.17) is 15.2 Å². The normalized spacial score (nSPS) is 10.3. The summed E-state index contributed by atoms with van der Waals surface area (Å²) in [7, 11) is 3.15. The largest absolute Gasteiger partial charge is 0.497 e. The van der Waals surface area contributed by atoms with E-state index in [-0.39, 0.29) is 0 Å². The zero-order valence-electron chi connectivity index (χ0n) is 13.9. The molecule has 0 aliphatic rings. The first-order valence-electron chi connectivity index (χ1n) is 7.55. The topological polar surface area (TPSA) is 91.4 Å². The fourth-order valence-electron chi connectivity index (χ4n) is 2.43. The number of carbonyl (C=O) groups excluding carboxylic acids is 1. The van der Waals surface area contributed by atoms with Crippen molar-refractivity contribution in [3.8, 4) is 17.2 Å². The van der Waals surface area contributed by atoms with E-state index in [1.54, 1.807) is 42.3 Å². The van der Waals surface area contributed by atoms with Crippen molar-refractivity contribution in [2.24, 2.45) is 5.73 Å². The van der Waals surface area contributed by atoms with Crippen LogP contribution < -0.4 is 20.5 Å². The Morgan fingerprint density at radius 1 is 1.04 bits per heavy atom. The minimum absolute atomic E-state index is 0.335. The van der Waals surface area contributed by atoms with Gasteiger partial charge in [0.1, 0.15) is 17.3 Å². The Morgan fingerprint density at radius 2 is 1.72 bits per heavy atom. The van der Waals surface area contributed by atoms with Gasteiger partial charge in [-0.15, -0.1) is 0 Å². The Morgan fingerprint density at radius 3 is 2.36 bits per heavy atom. The van der Waals surface area contributed by atoms with Crippen LogP contribution in [0, 0.1) is 0 Å². The molecule has 0 aliphatic heterocycles. The number of amides is 1. The molecule has 0 aliphatic carbocycles. The summed E-state index contributed by atoms with van der Waals surface area (Å²) in [5.74, 6) is 1.47. The zero-order valence-corrected chi connectivity index (χ0v) is 13.9. The number of nitrogens with zero attached hydrogens (tertiary/aromatic N) is 2. The summed E-state index contributed by atoms with van der Waals surface area (Å²) >= 11 is 0. The Hall–Kier alpha value is -3.48. The Kier molecular flexibility index (Phi) is 4.56. The first-order chi connectivity index (χ1) is 12.1. The third kappa shape index (κ3) is 3.40. The third-order valence-corrected chi connectivity index (χ3v) is 3.71. The van der Waals surface area contributed by atoms with E-state index in [0.717, 1.165) is 11.4 Å². The van der Waals surface area contributed by atoms with Gasteiger partial charge >= 0.3 is 0 Å². The molecule has 0 radical (unpaired) electrons. The van der Waals surface area contributed by atoms with Crippen LogP contribution in [0.25, 0.3) is 5.69 Å². The second-order valence-corrected chi connectivity index (χ2v) is 5.23. The third-order valence-electron chi connectivity index (χ3n) is 3.71. The van der Waals surface area contributed by atoms with Gasteiger partial charge in [-0.3, -0.25) is 4.79 Å². The molecule has 7 heteroatoms. The molecule has 0 bridgehead atoms. The highest BCUT2D eigenvalue weighted by Crippen LogP contribution is 2.26. The van der Waals surface area contributed by atoms with Gasteiger partial charge in [0.25, 0.3) is 5.91 Å². The summed E-state index contributed by atoms with van der Waals surface area (Å²) in [6.45, 7) is 0. The average molecular weight is 338 g/mol. The van der Waals surface area contributed by atoms with E-state index < -0.39 is 5.91 Å². The van der Waals surface area contributed by atoms with Gasteiger partial charge in [0, 0.05) is 6.07 Å². The highest BCUT2D eigenvalue weighted by Gasteiger charge is 2.12. The summed E-state index contributed by atoms with van der Waals surface area (Å²) in [6, 6.07) is 14.4. The Labute approximate surface area is 145 Å². The fourth-order valence-corrected chi connectivity index (χ4v) is 2.43. The molecule has 1 aromatic heterocycles. The van der Waals surface area contributed by atoms with E-state index in [9.17, 15) is 4.79 Å². The number of carbonyl (C=O) groups is 1. The number of hydrogen-bond donors (Lipinski definition) is 2. The summed E-state index contributed by atoms with van der Waals surface area (Å²) in [4.78, 5) is 11.7. The fraction of sp³-hybridized carbons (Fsp3) is 0.111. The number of rotatable bonds is 6. The number of aromatic nitrogens is 2. The molecule has 0 saturated carbocycles. The maximum atomic E-state index is 11.7. The monoisotopic (exact) mass is 338 g/mol. The first-order valence-corrected chi connectivity index (χ1v) is 7.55. The van der Waals surface area contributed by atoms with Crippen LogP contribution in [0.3, 0.4) is 0 Å². The van der Waals surface area contributed by atoms with Crippen LogP contribution in [-0.2, 0) is 0 Å². The molecule has 1 heterocycles. The first kappa shape index (κ1) is 16.4. The van der Waals surface area contributed by atoms with E-state index >= 15 is 0 Å². The molecule has 25 heavy (non-hydrogen) atoms. The van der Waals surface area contributed by atoms with Gasteiger partial charge in [0.05, 0.1) is 37.4 Å². The van der Waals surface area contributed by atoms with Crippen LogP contribution in [0.5, 0.6) is 11.5 Å². The SMILES string of the molecule is COc1ccc(-n2nccc2Nc2ccc(OC)cc2C(N)=O)cc1. The van der Waals surface area contributed by atoms with Crippen molar-refractivity contribution < 1.29 is 14.3 Å². The van der Waals surface area contributed by atoms with E-state index in [1.165, 1.54) is 7.11 Å². The minimum Gasteiger partial charge on any atom is -0.497 e. The lowest BCUT2D eigenvalue weighted by Crippen LogP contribution is -2.14. The predicted molar refractivity (Wildman–Crippen MR) is 94.9 cm³/mol. The Bertz CT molecular complexity index is 888. The molecule has 3 aromatic rings. The molecule has 0 atom stereocenters. The van der Waals surface area contributed by atoms with Crippen molar-refractivity contribution in [1.82, 2.24) is 9.78 Å². The smallest absolute Gasteiger partial charge is 0.250 e. The number of methoxy groups -OCH3 is 2.